The largest absolute Gasteiger partial charge is 0.480 e. The number of hydrogen-bond donors (Lipinski definition) is 1. The lowest BCUT2D eigenvalue weighted by Crippen LogP contribution is -2.12. The molecule has 17 heavy (non-hydrogen) atoms. The molecular weight excluding hydrogens is 216 g/mol. The first-order valence-electron chi connectivity index (χ1n) is 5.31. The molecule has 3 nitrogen and oxygen atoms in total. The monoisotopic (exact) mass is 228 g/mol. The van der Waals surface area contributed by atoms with Crippen molar-refractivity contribution in [2.75, 3.05) is 0 Å². The molecule has 0 spiro atoms. The van der Waals surface area contributed by atoms with Gasteiger partial charge in [0.1, 0.15) is 12.2 Å². The van der Waals surface area contributed by atoms with Crippen LogP contribution in [0.4, 0.5) is 0 Å². The number of hydrogen-bond acceptors (Lipinski definition) is 2. The molecule has 0 aliphatic heterocycles. The van der Waals surface area contributed by atoms with Gasteiger partial charge in [-0.3, -0.25) is 4.79 Å². The predicted octanol–water partition coefficient (Wildman–Crippen LogP) is 2.52. The smallest absolute Gasteiger partial charge is 0.318 e. The molecule has 0 fully saturated rings. The normalized spacial score (nSPS) is 12.3. The summed E-state index contributed by atoms with van der Waals surface area (Å²) in [5.74, 6) is -2.20. The first-order chi connectivity index (χ1) is 8.13. The molecule has 2 rings (SSSR count). The number of rotatable bonds is 3. The molecule has 0 aromatic heterocycles. The Hall–Kier alpha value is -2.16. The molecule has 0 aliphatic rings. The number of carboxylic acids is 1. The molecule has 0 saturated carbocycles. The van der Waals surface area contributed by atoms with E-state index in [0.717, 1.165) is 16.3 Å². The maximum Gasteiger partial charge on any atom is 0.318 e. The summed E-state index contributed by atoms with van der Waals surface area (Å²) in [7, 11) is 0. The molecule has 0 heterocycles. The maximum absolute atomic E-state index is 10.9. The van der Waals surface area contributed by atoms with Crippen molar-refractivity contribution in [3.8, 4) is 0 Å². The number of aldehydes is 1. The summed E-state index contributed by atoms with van der Waals surface area (Å²) in [6.45, 7) is 1.91. The van der Waals surface area contributed by atoms with Crippen LogP contribution in [-0.2, 0) is 9.59 Å². The molecule has 0 aliphatic carbocycles. The predicted molar refractivity (Wildman–Crippen MR) is 65.1 cm³/mol. The average molecular weight is 228 g/mol. The number of carbonyl (C=O) groups excluding carboxylic acids is 1. The van der Waals surface area contributed by atoms with E-state index >= 15 is 0 Å². The topological polar surface area (TPSA) is 54.4 Å². The van der Waals surface area contributed by atoms with Gasteiger partial charge < -0.3 is 9.90 Å². The molecule has 0 bridgehead atoms. The van der Waals surface area contributed by atoms with Gasteiger partial charge in [-0.05, 0) is 34.9 Å². The third kappa shape index (κ3) is 2.04. The fourth-order valence-electron chi connectivity index (χ4n) is 1.99. The number of aliphatic carboxylic acids is 1. The highest BCUT2D eigenvalue weighted by atomic mass is 16.4. The van der Waals surface area contributed by atoms with Gasteiger partial charge in [0, 0.05) is 0 Å². The van der Waals surface area contributed by atoms with Crippen molar-refractivity contribution in [3.05, 3.63) is 47.5 Å². The minimum atomic E-state index is -1.12. The summed E-state index contributed by atoms with van der Waals surface area (Å²) in [6, 6.07) is 11.2. The van der Waals surface area contributed by atoms with Crippen LogP contribution in [0.5, 0.6) is 0 Å². The first kappa shape index (κ1) is 11.3. The van der Waals surface area contributed by atoms with Gasteiger partial charge in [-0.2, -0.15) is 0 Å². The van der Waals surface area contributed by atoms with Gasteiger partial charge in [0.25, 0.3) is 0 Å². The van der Waals surface area contributed by atoms with Crippen LogP contribution in [0.15, 0.2) is 36.4 Å². The van der Waals surface area contributed by atoms with E-state index in [4.69, 9.17) is 5.11 Å². The van der Waals surface area contributed by atoms with Crippen LogP contribution in [0.3, 0.4) is 0 Å². The molecule has 3 heteroatoms. The molecule has 86 valence electrons. The SMILES string of the molecule is Cc1cc(C(C=O)C(=O)O)cc2ccccc12. The minimum absolute atomic E-state index is 0.464. The van der Waals surface area contributed by atoms with E-state index in [1.165, 1.54) is 0 Å². The van der Waals surface area contributed by atoms with Gasteiger partial charge in [-0.15, -0.1) is 0 Å². The zero-order chi connectivity index (χ0) is 12.4. The Labute approximate surface area is 98.7 Å². The lowest BCUT2D eigenvalue weighted by molar-refractivity contribution is -0.140. The third-order valence-corrected chi connectivity index (χ3v) is 2.85. The van der Waals surface area contributed by atoms with E-state index in [1.54, 1.807) is 12.1 Å². The molecule has 0 saturated heterocycles. The number of benzene rings is 2. The van der Waals surface area contributed by atoms with E-state index in [2.05, 4.69) is 0 Å². The Balaban J connectivity index is 2.64. The summed E-state index contributed by atoms with van der Waals surface area (Å²) >= 11 is 0. The second-order valence-electron chi connectivity index (χ2n) is 4.01. The fourth-order valence-corrected chi connectivity index (χ4v) is 1.99. The van der Waals surface area contributed by atoms with Gasteiger partial charge in [0.05, 0.1) is 0 Å². The van der Waals surface area contributed by atoms with Crippen LogP contribution in [0.25, 0.3) is 10.8 Å². The molecular formula is C14H12O3. The van der Waals surface area contributed by atoms with Gasteiger partial charge in [0.2, 0.25) is 0 Å². The molecule has 1 N–H and O–H groups in total. The van der Waals surface area contributed by atoms with E-state index < -0.39 is 11.9 Å². The second kappa shape index (κ2) is 4.37. The Morgan fingerprint density at radius 3 is 2.65 bits per heavy atom. The standard InChI is InChI=1S/C14H12O3/c1-9-6-11(13(8-15)14(16)17)7-10-4-2-3-5-12(9)10/h2-8,13H,1H3,(H,16,17). The zero-order valence-corrected chi connectivity index (χ0v) is 9.38. The van der Waals surface area contributed by atoms with Gasteiger partial charge >= 0.3 is 5.97 Å². The van der Waals surface area contributed by atoms with Crippen molar-refractivity contribution < 1.29 is 14.7 Å². The Morgan fingerprint density at radius 1 is 1.29 bits per heavy atom. The van der Waals surface area contributed by atoms with Gasteiger partial charge in [-0.1, -0.05) is 30.3 Å². The second-order valence-corrected chi connectivity index (χ2v) is 4.01. The summed E-state index contributed by atoms with van der Waals surface area (Å²) in [6.07, 6.45) is 0.464. The summed E-state index contributed by atoms with van der Waals surface area (Å²) in [5, 5.41) is 11.0. The van der Waals surface area contributed by atoms with E-state index in [1.807, 2.05) is 31.2 Å². The maximum atomic E-state index is 10.9. The van der Waals surface area contributed by atoms with E-state index in [9.17, 15) is 9.59 Å². The van der Waals surface area contributed by atoms with Crippen molar-refractivity contribution >= 4 is 23.0 Å². The zero-order valence-electron chi connectivity index (χ0n) is 9.38. The van der Waals surface area contributed by atoms with Crippen LogP contribution in [0.2, 0.25) is 0 Å². The van der Waals surface area contributed by atoms with Crippen molar-refractivity contribution in [3.63, 3.8) is 0 Å². The van der Waals surface area contributed by atoms with Crippen LogP contribution in [0, 0.1) is 6.92 Å². The van der Waals surface area contributed by atoms with E-state index in [-0.39, 0.29) is 0 Å². The first-order valence-corrected chi connectivity index (χ1v) is 5.31. The van der Waals surface area contributed by atoms with Gasteiger partial charge in [0.15, 0.2) is 0 Å². The molecule has 2 aromatic carbocycles. The Morgan fingerprint density at radius 2 is 2.00 bits per heavy atom. The minimum Gasteiger partial charge on any atom is -0.480 e. The number of carbonyl (C=O) groups is 2. The number of carboxylic acid groups (broad SMARTS) is 1. The van der Waals surface area contributed by atoms with Crippen LogP contribution >= 0.6 is 0 Å². The molecule has 0 amide bonds. The third-order valence-electron chi connectivity index (χ3n) is 2.85. The van der Waals surface area contributed by atoms with Crippen LogP contribution in [-0.4, -0.2) is 17.4 Å². The molecule has 2 aromatic rings. The lowest BCUT2D eigenvalue weighted by Gasteiger charge is -2.09. The highest BCUT2D eigenvalue weighted by Crippen LogP contribution is 2.24. The van der Waals surface area contributed by atoms with Gasteiger partial charge in [-0.25, -0.2) is 0 Å². The van der Waals surface area contributed by atoms with Crippen molar-refractivity contribution in [1.29, 1.82) is 0 Å². The lowest BCUT2D eigenvalue weighted by atomic mass is 9.94. The summed E-state index contributed by atoms with van der Waals surface area (Å²) in [4.78, 5) is 21.8. The Bertz CT molecular complexity index is 587. The van der Waals surface area contributed by atoms with Crippen molar-refractivity contribution in [1.82, 2.24) is 0 Å². The van der Waals surface area contributed by atoms with Crippen LogP contribution < -0.4 is 0 Å². The Kier molecular flexibility index (Phi) is 2.91. The highest BCUT2D eigenvalue weighted by Gasteiger charge is 2.19. The molecule has 1 atom stereocenters. The van der Waals surface area contributed by atoms with Crippen molar-refractivity contribution in [2.45, 2.75) is 12.8 Å². The summed E-state index contributed by atoms with van der Waals surface area (Å²) < 4.78 is 0. The fraction of sp³-hybridized carbons (Fsp3) is 0.143. The van der Waals surface area contributed by atoms with E-state index in [0.29, 0.717) is 11.8 Å². The average Bonchev–Trinajstić information content (AvgIpc) is 2.29. The molecule has 0 radical (unpaired) electrons. The quantitative estimate of drug-likeness (QED) is 0.648. The highest BCUT2D eigenvalue weighted by molar-refractivity contribution is 5.95. The molecule has 1 unspecified atom stereocenters. The van der Waals surface area contributed by atoms with Crippen molar-refractivity contribution in [2.24, 2.45) is 0 Å². The number of aryl methyl sites for hydroxylation is 1. The number of fused-ring (bicyclic) bond motifs is 1. The summed E-state index contributed by atoms with van der Waals surface area (Å²) in [5.41, 5.74) is 1.51. The van der Waals surface area contributed by atoms with Crippen LogP contribution in [0.1, 0.15) is 17.0 Å².